The first-order chi connectivity index (χ1) is 12.4. The number of piperidine rings is 1. The number of hydrogen-bond donors (Lipinski definition) is 1. The summed E-state index contributed by atoms with van der Waals surface area (Å²) in [5, 5.41) is 0.799. The molecule has 2 fully saturated rings. The van der Waals surface area contributed by atoms with Gasteiger partial charge in [-0.2, -0.15) is 0 Å². The molecule has 0 aliphatic carbocycles. The molecule has 2 N–H and O–H groups in total. The monoisotopic (exact) mass is 381 g/mol. The van der Waals surface area contributed by atoms with Gasteiger partial charge in [0.1, 0.15) is 11.0 Å². The summed E-state index contributed by atoms with van der Waals surface area (Å²) in [6.07, 6.45) is 2.80. The highest BCUT2D eigenvalue weighted by Crippen LogP contribution is 2.26. The normalized spacial score (nSPS) is 19.8. The summed E-state index contributed by atoms with van der Waals surface area (Å²) in [6, 6.07) is 0.512. The van der Waals surface area contributed by atoms with Gasteiger partial charge in [0.15, 0.2) is 5.13 Å². The number of nitrogens with two attached hydrogens (primary N) is 1. The maximum absolute atomic E-state index is 12.4. The van der Waals surface area contributed by atoms with E-state index in [-0.39, 0.29) is 12.2 Å². The number of ether oxygens (including phenoxy) is 1. The molecule has 9 heteroatoms. The fraction of sp³-hybridized carbons (Fsp3) is 0.706. The zero-order valence-corrected chi connectivity index (χ0v) is 16.2. The Kier molecular flexibility index (Phi) is 5.98. The lowest BCUT2D eigenvalue weighted by atomic mass is 10.1. The number of thiazole rings is 1. The second kappa shape index (κ2) is 8.22. The van der Waals surface area contributed by atoms with Gasteiger partial charge in [0, 0.05) is 58.2 Å². The summed E-state index contributed by atoms with van der Waals surface area (Å²) in [5.41, 5.74) is 5.28. The summed E-state index contributed by atoms with van der Waals surface area (Å²) < 4.78 is 5.70. The third-order valence-corrected chi connectivity index (χ3v) is 6.09. The van der Waals surface area contributed by atoms with Crippen molar-refractivity contribution in [1.82, 2.24) is 14.8 Å². The van der Waals surface area contributed by atoms with E-state index in [9.17, 15) is 9.59 Å². The molecule has 3 heterocycles. The van der Waals surface area contributed by atoms with Gasteiger partial charge in [-0.3, -0.25) is 9.69 Å². The van der Waals surface area contributed by atoms with Crippen LogP contribution >= 0.6 is 11.3 Å². The molecule has 144 valence electrons. The zero-order chi connectivity index (χ0) is 18.7. The first kappa shape index (κ1) is 18.9. The highest BCUT2D eigenvalue weighted by molar-refractivity contribution is 7.17. The lowest BCUT2D eigenvalue weighted by Gasteiger charge is -2.37. The first-order valence-corrected chi connectivity index (χ1v) is 9.96. The number of carbonyl (C=O) groups is 2. The zero-order valence-electron chi connectivity index (χ0n) is 15.4. The minimum atomic E-state index is -0.449. The highest BCUT2D eigenvalue weighted by atomic mass is 32.1. The van der Waals surface area contributed by atoms with Gasteiger partial charge in [0.25, 0.3) is 5.91 Å². The van der Waals surface area contributed by atoms with E-state index in [2.05, 4.69) is 28.6 Å². The van der Waals surface area contributed by atoms with Gasteiger partial charge in [-0.1, -0.05) is 11.3 Å². The number of hydrogen-bond acceptors (Lipinski definition) is 7. The van der Waals surface area contributed by atoms with Crippen molar-refractivity contribution in [3.63, 3.8) is 0 Å². The van der Waals surface area contributed by atoms with Crippen LogP contribution in [0, 0.1) is 0 Å². The lowest BCUT2D eigenvalue weighted by Crippen LogP contribution is -2.51. The average Bonchev–Trinajstić information content (AvgIpc) is 3.13. The van der Waals surface area contributed by atoms with Crippen molar-refractivity contribution in [2.75, 3.05) is 44.2 Å². The highest BCUT2D eigenvalue weighted by Gasteiger charge is 2.28. The van der Waals surface area contributed by atoms with E-state index in [1.165, 1.54) is 17.5 Å². The van der Waals surface area contributed by atoms with Gasteiger partial charge in [-0.05, 0) is 13.8 Å². The number of amides is 2. The molecule has 26 heavy (non-hydrogen) atoms. The number of carbonyl (C=O) groups excluding carboxylic acids is 2. The summed E-state index contributed by atoms with van der Waals surface area (Å²) in [5.74, 6) is -0.449. The van der Waals surface area contributed by atoms with Crippen molar-refractivity contribution in [2.45, 2.75) is 38.8 Å². The lowest BCUT2D eigenvalue weighted by molar-refractivity contribution is 0.0338. The number of anilines is 1. The standard InChI is InChI=1S/C17H27N5O3S/c1-12(2)20-7-9-22(10-8-20)17(24)25-13-3-5-21(6-4-13)16-19-11-14(26-16)15(18)23/h11-13H,3-10H2,1-2H3,(H2,18,23). The minimum absolute atomic E-state index is 0.0579. The van der Waals surface area contributed by atoms with Crippen LogP contribution in [0.25, 0.3) is 0 Å². The molecule has 0 unspecified atom stereocenters. The van der Waals surface area contributed by atoms with Gasteiger partial charge in [0.05, 0.1) is 6.20 Å². The summed E-state index contributed by atoms with van der Waals surface area (Å²) in [6.45, 7) is 9.12. The van der Waals surface area contributed by atoms with Crippen LogP contribution in [0.2, 0.25) is 0 Å². The molecule has 2 aliphatic heterocycles. The maximum atomic E-state index is 12.4. The second-order valence-corrected chi connectivity index (χ2v) is 8.07. The molecule has 0 atom stereocenters. The van der Waals surface area contributed by atoms with Crippen molar-refractivity contribution in [1.29, 1.82) is 0 Å². The minimum Gasteiger partial charge on any atom is -0.446 e. The van der Waals surface area contributed by atoms with E-state index < -0.39 is 5.91 Å². The van der Waals surface area contributed by atoms with E-state index >= 15 is 0 Å². The molecule has 0 spiro atoms. The Morgan fingerprint density at radius 2 is 1.85 bits per heavy atom. The van der Waals surface area contributed by atoms with Crippen molar-refractivity contribution >= 4 is 28.5 Å². The Labute approximate surface area is 157 Å². The molecule has 0 saturated carbocycles. The van der Waals surface area contributed by atoms with Gasteiger partial charge < -0.3 is 20.3 Å². The third-order valence-electron chi connectivity index (χ3n) is 5.02. The van der Waals surface area contributed by atoms with Crippen LogP contribution in [0.5, 0.6) is 0 Å². The van der Waals surface area contributed by atoms with Gasteiger partial charge in [0.2, 0.25) is 0 Å². The number of primary amides is 1. The number of piperazine rings is 1. The van der Waals surface area contributed by atoms with Crippen LogP contribution in [-0.2, 0) is 4.74 Å². The topological polar surface area (TPSA) is 92.0 Å². The molecule has 2 amide bonds. The second-order valence-electron chi connectivity index (χ2n) is 7.06. The average molecular weight is 382 g/mol. The maximum Gasteiger partial charge on any atom is 0.410 e. The summed E-state index contributed by atoms with van der Waals surface area (Å²) >= 11 is 1.31. The largest absolute Gasteiger partial charge is 0.446 e. The SMILES string of the molecule is CC(C)N1CCN(C(=O)OC2CCN(c3ncc(C(N)=O)s3)CC2)CC1. The Hall–Kier alpha value is -1.87. The first-order valence-electron chi connectivity index (χ1n) is 9.14. The quantitative estimate of drug-likeness (QED) is 0.847. The van der Waals surface area contributed by atoms with Crippen molar-refractivity contribution in [2.24, 2.45) is 5.73 Å². The van der Waals surface area contributed by atoms with Crippen molar-refractivity contribution < 1.29 is 14.3 Å². The predicted octanol–water partition coefficient (Wildman–Crippen LogP) is 1.37. The Morgan fingerprint density at radius 1 is 1.19 bits per heavy atom. The van der Waals surface area contributed by atoms with Gasteiger partial charge in [-0.25, -0.2) is 9.78 Å². The fourth-order valence-corrected chi connectivity index (χ4v) is 4.15. The molecule has 2 saturated heterocycles. The predicted molar refractivity (Wildman–Crippen MR) is 101 cm³/mol. The van der Waals surface area contributed by atoms with E-state index in [1.807, 2.05) is 4.90 Å². The van der Waals surface area contributed by atoms with E-state index in [0.717, 1.165) is 57.2 Å². The smallest absolute Gasteiger partial charge is 0.410 e. The molecule has 2 aliphatic rings. The number of aromatic nitrogens is 1. The van der Waals surface area contributed by atoms with Crippen LogP contribution < -0.4 is 10.6 Å². The van der Waals surface area contributed by atoms with E-state index in [1.54, 1.807) is 0 Å². The van der Waals surface area contributed by atoms with Crippen LogP contribution in [0.1, 0.15) is 36.4 Å². The molecule has 0 bridgehead atoms. The van der Waals surface area contributed by atoms with Crippen molar-refractivity contribution in [3.05, 3.63) is 11.1 Å². The fourth-order valence-electron chi connectivity index (χ4n) is 3.33. The van der Waals surface area contributed by atoms with Crippen molar-refractivity contribution in [3.8, 4) is 0 Å². The Bertz CT molecular complexity index is 634. The number of nitrogens with zero attached hydrogens (tertiary/aromatic N) is 4. The molecule has 0 aromatic carbocycles. The molecule has 3 rings (SSSR count). The molecule has 1 aromatic rings. The van der Waals surface area contributed by atoms with E-state index in [4.69, 9.17) is 10.5 Å². The Morgan fingerprint density at radius 3 is 2.38 bits per heavy atom. The van der Waals surface area contributed by atoms with Gasteiger partial charge in [-0.15, -0.1) is 0 Å². The van der Waals surface area contributed by atoms with Crippen LogP contribution in [-0.4, -0.2) is 78.2 Å². The third kappa shape index (κ3) is 4.45. The van der Waals surface area contributed by atoms with Gasteiger partial charge >= 0.3 is 6.09 Å². The molecule has 8 nitrogen and oxygen atoms in total. The van der Waals surface area contributed by atoms with Crippen LogP contribution in [0.3, 0.4) is 0 Å². The van der Waals surface area contributed by atoms with Crippen LogP contribution in [0.15, 0.2) is 6.20 Å². The van der Waals surface area contributed by atoms with E-state index in [0.29, 0.717) is 10.9 Å². The molecular formula is C17H27N5O3S. The summed E-state index contributed by atoms with van der Waals surface area (Å²) in [4.78, 5) is 34.6. The molecular weight excluding hydrogens is 354 g/mol. The molecule has 1 aromatic heterocycles. The number of rotatable bonds is 4. The van der Waals surface area contributed by atoms with Crippen LogP contribution in [0.4, 0.5) is 9.93 Å². The summed E-state index contributed by atoms with van der Waals surface area (Å²) in [7, 11) is 0. The Balaban J connectivity index is 1.43. The molecule has 0 radical (unpaired) electrons.